The zero-order valence-corrected chi connectivity index (χ0v) is 12.0. The van der Waals surface area contributed by atoms with Crippen molar-refractivity contribution in [1.82, 2.24) is 15.2 Å². The predicted octanol–water partition coefficient (Wildman–Crippen LogP) is 2.25. The van der Waals surface area contributed by atoms with Crippen LogP contribution in [0.3, 0.4) is 0 Å². The van der Waals surface area contributed by atoms with Crippen molar-refractivity contribution in [2.45, 2.75) is 26.4 Å². The Bertz CT molecular complexity index is 619. The summed E-state index contributed by atoms with van der Waals surface area (Å²) in [6.45, 7) is 5.19. The molecule has 0 unspecified atom stereocenters. The minimum Gasteiger partial charge on any atom is -0.316 e. The van der Waals surface area contributed by atoms with Crippen molar-refractivity contribution >= 4 is 10.9 Å². The fourth-order valence-electron chi connectivity index (χ4n) is 2.96. The highest BCUT2D eigenvalue weighted by molar-refractivity contribution is 5.84. The second-order valence-corrected chi connectivity index (χ2v) is 5.55. The highest BCUT2D eigenvalue weighted by Crippen LogP contribution is 2.28. The maximum absolute atomic E-state index is 4.88. The largest absolute Gasteiger partial charge is 0.316 e. The zero-order chi connectivity index (χ0) is 13.4. The van der Waals surface area contributed by atoms with Gasteiger partial charge in [-0.3, -0.25) is 4.98 Å². The summed E-state index contributed by atoms with van der Waals surface area (Å²) in [7, 11) is 4.20. The smallest absolute Gasteiger partial charge is 0.0708 e. The summed E-state index contributed by atoms with van der Waals surface area (Å²) >= 11 is 0. The van der Waals surface area contributed by atoms with Crippen molar-refractivity contribution < 1.29 is 0 Å². The van der Waals surface area contributed by atoms with Gasteiger partial charge in [-0.25, -0.2) is 0 Å². The standard InChI is InChI=1S/C16H21N3/c1-11-4-5-15-12(8-11)13(9-17-2)14-10-19(3)7-6-16(14)18-15/h4-5,8,17H,6-7,9-10H2,1-3H3. The second kappa shape index (κ2) is 4.91. The van der Waals surface area contributed by atoms with Gasteiger partial charge in [0.1, 0.15) is 0 Å². The van der Waals surface area contributed by atoms with Gasteiger partial charge in [0.25, 0.3) is 0 Å². The van der Waals surface area contributed by atoms with E-state index < -0.39 is 0 Å². The Balaban J connectivity index is 2.27. The van der Waals surface area contributed by atoms with E-state index in [0.717, 1.165) is 31.6 Å². The van der Waals surface area contributed by atoms with Crippen LogP contribution in [0.5, 0.6) is 0 Å². The Labute approximate surface area is 114 Å². The maximum Gasteiger partial charge on any atom is 0.0708 e. The number of benzene rings is 1. The normalized spacial score (nSPS) is 15.7. The molecule has 0 bridgehead atoms. The van der Waals surface area contributed by atoms with Gasteiger partial charge in [-0.15, -0.1) is 0 Å². The van der Waals surface area contributed by atoms with Crippen LogP contribution in [0.4, 0.5) is 0 Å². The molecule has 0 saturated carbocycles. The Kier molecular flexibility index (Phi) is 3.25. The fraction of sp³-hybridized carbons (Fsp3) is 0.438. The zero-order valence-electron chi connectivity index (χ0n) is 12.0. The number of rotatable bonds is 2. The summed E-state index contributed by atoms with van der Waals surface area (Å²) in [5, 5.41) is 4.62. The van der Waals surface area contributed by atoms with Crippen LogP contribution in [0.1, 0.15) is 22.4 Å². The number of likely N-dealkylation sites (N-methyl/N-ethyl adjacent to an activating group) is 1. The molecule has 19 heavy (non-hydrogen) atoms. The van der Waals surface area contributed by atoms with Crippen LogP contribution in [0.25, 0.3) is 10.9 Å². The van der Waals surface area contributed by atoms with Gasteiger partial charge in [0.05, 0.1) is 5.52 Å². The Morgan fingerprint density at radius 2 is 2.21 bits per heavy atom. The molecule has 0 aliphatic carbocycles. The molecule has 0 radical (unpaired) electrons. The lowest BCUT2D eigenvalue weighted by Gasteiger charge is -2.27. The highest BCUT2D eigenvalue weighted by Gasteiger charge is 2.20. The van der Waals surface area contributed by atoms with E-state index in [0.29, 0.717) is 0 Å². The van der Waals surface area contributed by atoms with Gasteiger partial charge in [-0.2, -0.15) is 0 Å². The first kappa shape index (κ1) is 12.6. The molecule has 0 saturated heterocycles. The number of pyridine rings is 1. The lowest BCUT2D eigenvalue weighted by molar-refractivity contribution is 0.309. The van der Waals surface area contributed by atoms with Crippen LogP contribution in [0.15, 0.2) is 18.2 Å². The van der Waals surface area contributed by atoms with Crippen LogP contribution in [-0.2, 0) is 19.5 Å². The summed E-state index contributed by atoms with van der Waals surface area (Å²) in [4.78, 5) is 7.26. The second-order valence-electron chi connectivity index (χ2n) is 5.55. The maximum atomic E-state index is 4.88. The van der Waals surface area contributed by atoms with Crippen molar-refractivity contribution in [3.63, 3.8) is 0 Å². The molecular weight excluding hydrogens is 234 g/mol. The number of hydrogen-bond acceptors (Lipinski definition) is 3. The number of nitrogens with zero attached hydrogens (tertiary/aromatic N) is 2. The number of hydrogen-bond donors (Lipinski definition) is 1. The molecule has 0 atom stereocenters. The van der Waals surface area contributed by atoms with E-state index in [1.807, 2.05) is 7.05 Å². The number of aryl methyl sites for hydroxylation is 1. The SMILES string of the molecule is CNCc1c2c(nc3ccc(C)cc13)CCN(C)C2. The van der Waals surface area contributed by atoms with Crippen molar-refractivity contribution in [2.24, 2.45) is 0 Å². The topological polar surface area (TPSA) is 28.2 Å². The van der Waals surface area contributed by atoms with Crippen molar-refractivity contribution in [2.75, 3.05) is 20.6 Å². The van der Waals surface area contributed by atoms with Crippen LogP contribution >= 0.6 is 0 Å². The van der Waals surface area contributed by atoms with Gasteiger partial charge in [0, 0.05) is 37.1 Å². The first-order chi connectivity index (χ1) is 9.19. The van der Waals surface area contributed by atoms with Gasteiger partial charge in [-0.1, -0.05) is 11.6 Å². The summed E-state index contributed by atoms with van der Waals surface area (Å²) in [6.07, 6.45) is 1.06. The van der Waals surface area contributed by atoms with E-state index in [4.69, 9.17) is 4.98 Å². The summed E-state index contributed by atoms with van der Waals surface area (Å²) in [6, 6.07) is 6.58. The molecule has 2 heterocycles. The molecule has 3 rings (SSSR count). The van der Waals surface area contributed by atoms with Crippen LogP contribution in [-0.4, -0.2) is 30.5 Å². The van der Waals surface area contributed by atoms with E-state index in [-0.39, 0.29) is 0 Å². The van der Waals surface area contributed by atoms with Crippen LogP contribution in [0, 0.1) is 6.92 Å². The van der Waals surface area contributed by atoms with Gasteiger partial charge in [0.15, 0.2) is 0 Å². The highest BCUT2D eigenvalue weighted by atomic mass is 15.1. The van der Waals surface area contributed by atoms with Crippen molar-refractivity contribution in [1.29, 1.82) is 0 Å². The van der Waals surface area contributed by atoms with E-state index in [2.05, 4.69) is 42.4 Å². The van der Waals surface area contributed by atoms with E-state index in [9.17, 15) is 0 Å². The first-order valence-corrected chi connectivity index (χ1v) is 6.93. The Hall–Kier alpha value is -1.45. The summed E-state index contributed by atoms with van der Waals surface area (Å²) in [5.41, 5.74) is 6.59. The molecule has 100 valence electrons. The molecule has 0 amide bonds. The number of fused-ring (bicyclic) bond motifs is 2. The molecule has 1 N–H and O–H groups in total. The lowest BCUT2D eigenvalue weighted by Crippen LogP contribution is -2.29. The number of nitrogens with one attached hydrogen (secondary N) is 1. The first-order valence-electron chi connectivity index (χ1n) is 6.93. The average Bonchev–Trinajstić information content (AvgIpc) is 2.40. The molecule has 0 fully saturated rings. The predicted molar refractivity (Wildman–Crippen MR) is 79.3 cm³/mol. The Morgan fingerprint density at radius 1 is 1.37 bits per heavy atom. The summed E-state index contributed by atoms with van der Waals surface area (Å²) < 4.78 is 0. The minimum atomic E-state index is 0.915. The van der Waals surface area contributed by atoms with Gasteiger partial charge in [-0.05, 0) is 44.3 Å². The van der Waals surface area contributed by atoms with Gasteiger partial charge >= 0.3 is 0 Å². The van der Waals surface area contributed by atoms with Crippen molar-refractivity contribution in [3.05, 3.63) is 40.6 Å². The third-order valence-corrected chi connectivity index (χ3v) is 3.96. The number of aromatic nitrogens is 1. The molecular formula is C16H21N3. The molecule has 1 aliphatic rings. The fourth-order valence-corrected chi connectivity index (χ4v) is 2.96. The molecule has 1 aromatic heterocycles. The molecule has 3 heteroatoms. The Morgan fingerprint density at radius 3 is 3.00 bits per heavy atom. The average molecular weight is 255 g/mol. The third-order valence-electron chi connectivity index (χ3n) is 3.96. The third kappa shape index (κ3) is 2.24. The quantitative estimate of drug-likeness (QED) is 0.892. The van der Waals surface area contributed by atoms with E-state index in [1.54, 1.807) is 0 Å². The summed E-state index contributed by atoms with van der Waals surface area (Å²) in [5.74, 6) is 0. The van der Waals surface area contributed by atoms with Gasteiger partial charge in [0.2, 0.25) is 0 Å². The lowest BCUT2D eigenvalue weighted by atomic mass is 9.95. The molecule has 1 aliphatic heterocycles. The van der Waals surface area contributed by atoms with Crippen LogP contribution in [0.2, 0.25) is 0 Å². The van der Waals surface area contributed by atoms with Gasteiger partial charge < -0.3 is 10.2 Å². The van der Waals surface area contributed by atoms with Crippen molar-refractivity contribution in [3.8, 4) is 0 Å². The molecule has 1 aromatic carbocycles. The monoisotopic (exact) mass is 255 g/mol. The van der Waals surface area contributed by atoms with Crippen LogP contribution < -0.4 is 5.32 Å². The minimum absolute atomic E-state index is 0.915. The molecule has 2 aromatic rings. The molecule has 0 spiro atoms. The van der Waals surface area contributed by atoms with E-state index in [1.165, 1.54) is 27.8 Å². The molecule has 3 nitrogen and oxygen atoms in total. The van der Waals surface area contributed by atoms with E-state index >= 15 is 0 Å².